The highest BCUT2D eigenvalue weighted by Gasteiger charge is 2.09. The molecule has 0 bridgehead atoms. The minimum atomic E-state index is 0.374. The van der Waals surface area contributed by atoms with Gasteiger partial charge in [-0.3, -0.25) is 0 Å². The maximum Gasteiger partial charge on any atom is 0.238 e. The van der Waals surface area contributed by atoms with E-state index in [1.165, 1.54) is 11.8 Å². The van der Waals surface area contributed by atoms with Crippen LogP contribution in [0.4, 0.5) is 5.69 Å². The Kier molecular flexibility index (Phi) is 3.43. The molecule has 18 heavy (non-hydrogen) atoms. The lowest BCUT2D eigenvalue weighted by molar-refractivity contribution is 0.459. The summed E-state index contributed by atoms with van der Waals surface area (Å²) in [5, 5.41) is 0.411. The summed E-state index contributed by atoms with van der Waals surface area (Å²) in [6.45, 7) is 6.08. The van der Waals surface area contributed by atoms with Gasteiger partial charge in [0.25, 0.3) is 0 Å². The molecule has 4 heteroatoms. The zero-order valence-corrected chi connectivity index (χ0v) is 11.4. The van der Waals surface area contributed by atoms with Gasteiger partial charge in [-0.1, -0.05) is 17.7 Å². The van der Waals surface area contributed by atoms with E-state index in [1.54, 1.807) is 6.07 Å². The minimum Gasteiger partial charge on any atom is -0.437 e. The van der Waals surface area contributed by atoms with Crippen LogP contribution in [0.3, 0.4) is 0 Å². The molecule has 0 saturated carbocycles. The van der Waals surface area contributed by atoms with Crippen LogP contribution in [0.15, 0.2) is 24.4 Å². The van der Waals surface area contributed by atoms with Crippen LogP contribution in [0.5, 0.6) is 11.6 Å². The molecule has 2 rings (SSSR count). The first-order valence-corrected chi connectivity index (χ1v) is 6.02. The van der Waals surface area contributed by atoms with Gasteiger partial charge >= 0.3 is 0 Å². The molecule has 0 radical (unpaired) electrons. The third kappa shape index (κ3) is 2.57. The molecule has 3 nitrogen and oxygen atoms in total. The number of nitrogens with two attached hydrogens (primary N) is 1. The van der Waals surface area contributed by atoms with Gasteiger partial charge in [-0.05, 0) is 49.6 Å². The minimum absolute atomic E-state index is 0.374. The van der Waals surface area contributed by atoms with Crippen molar-refractivity contribution < 1.29 is 4.74 Å². The van der Waals surface area contributed by atoms with Gasteiger partial charge in [-0.15, -0.1) is 0 Å². The monoisotopic (exact) mass is 262 g/mol. The molecule has 2 aromatic rings. The van der Waals surface area contributed by atoms with Gasteiger partial charge in [0.05, 0.1) is 11.9 Å². The zero-order valence-electron chi connectivity index (χ0n) is 10.6. The molecule has 1 aromatic heterocycles. The van der Waals surface area contributed by atoms with E-state index in [1.807, 2.05) is 26.8 Å². The smallest absolute Gasteiger partial charge is 0.238 e. The van der Waals surface area contributed by atoms with E-state index in [2.05, 4.69) is 11.1 Å². The maximum atomic E-state index is 6.04. The first kappa shape index (κ1) is 12.7. The molecule has 0 aliphatic carbocycles. The van der Waals surface area contributed by atoms with E-state index in [9.17, 15) is 0 Å². The maximum absolute atomic E-state index is 6.04. The van der Waals surface area contributed by atoms with Gasteiger partial charge in [-0.25, -0.2) is 4.98 Å². The number of anilines is 1. The Morgan fingerprint density at radius 3 is 2.56 bits per heavy atom. The molecule has 0 unspecified atom stereocenters. The second-order valence-electron chi connectivity index (χ2n) is 4.36. The average molecular weight is 263 g/mol. The van der Waals surface area contributed by atoms with E-state index in [4.69, 9.17) is 22.1 Å². The lowest BCUT2D eigenvalue weighted by atomic mass is 10.1. The van der Waals surface area contributed by atoms with Crippen molar-refractivity contribution in [3.8, 4) is 11.6 Å². The van der Waals surface area contributed by atoms with Crippen LogP contribution in [0, 0.1) is 20.8 Å². The average Bonchev–Trinajstić information content (AvgIpc) is 2.29. The topological polar surface area (TPSA) is 48.1 Å². The summed E-state index contributed by atoms with van der Waals surface area (Å²) in [5.74, 6) is 1.14. The lowest BCUT2D eigenvalue weighted by Crippen LogP contribution is -1.95. The second kappa shape index (κ2) is 4.86. The number of halogens is 1. The van der Waals surface area contributed by atoms with Crippen molar-refractivity contribution in [2.45, 2.75) is 20.8 Å². The molecule has 0 amide bonds. The summed E-state index contributed by atoms with van der Waals surface area (Å²) in [5.41, 5.74) is 9.51. The predicted molar refractivity (Wildman–Crippen MR) is 74.4 cm³/mol. The quantitative estimate of drug-likeness (QED) is 0.889. The van der Waals surface area contributed by atoms with E-state index in [-0.39, 0.29) is 0 Å². The zero-order chi connectivity index (χ0) is 13.3. The Balaban J connectivity index is 2.40. The fourth-order valence-corrected chi connectivity index (χ4v) is 1.94. The van der Waals surface area contributed by atoms with E-state index < -0.39 is 0 Å². The third-order valence-electron chi connectivity index (χ3n) is 2.80. The molecule has 94 valence electrons. The summed E-state index contributed by atoms with van der Waals surface area (Å²) in [7, 11) is 0. The van der Waals surface area contributed by atoms with Crippen LogP contribution in [-0.2, 0) is 0 Å². The predicted octanol–water partition coefficient (Wildman–Crippen LogP) is 4.03. The Labute approximate surface area is 112 Å². The molecular formula is C14H15ClN2O. The normalized spacial score (nSPS) is 10.4. The van der Waals surface area contributed by atoms with Crippen LogP contribution < -0.4 is 10.5 Å². The Morgan fingerprint density at radius 1 is 1.17 bits per heavy atom. The van der Waals surface area contributed by atoms with Crippen LogP contribution in [0.1, 0.15) is 16.7 Å². The SMILES string of the molecule is Cc1cc(C)c(C)c(Oc2ncc(N)cc2Cl)c1. The lowest BCUT2D eigenvalue weighted by Gasteiger charge is -2.12. The van der Waals surface area contributed by atoms with Crippen LogP contribution in [0.25, 0.3) is 0 Å². The molecule has 1 heterocycles. The number of nitrogens with zero attached hydrogens (tertiary/aromatic N) is 1. The second-order valence-corrected chi connectivity index (χ2v) is 4.77. The molecular weight excluding hydrogens is 248 g/mol. The third-order valence-corrected chi connectivity index (χ3v) is 3.07. The Morgan fingerprint density at radius 2 is 1.89 bits per heavy atom. The number of aryl methyl sites for hydroxylation is 2. The van der Waals surface area contributed by atoms with E-state index >= 15 is 0 Å². The van der Waals surface area contributed by atoms with Crippen molar-refractivity contribution in [1.82, 2.24) is 4.98 Å². The van der Waals surface area contributed by atoms with Gasteiger partial charge in [0.1, 0.15) is 10.8 Å². The number of hydrogen-bond donors (Lipinski definition) is 1. The van der Waals surface area contributed by atoms with Gasteiger partial charge in [0.2, 0.25) is 5.88 Å². The first-order chi connectivity index (χ1) is 8.47. The van der Waals surface area contributed by atoms with Gasteiger partial charge in [0.15, 0.2) is 0 Å². The largest absolute Gasteiger partial charge is 0.437 e. The summed E-state index contributed by atoms with van der Waals surface area (Å²) < 4.78 is 5.76. The number of ether oxygens (including phenoxy) is 1. The van der Waals surface area contributed by atoms with E-state index in [0.717, 1.165) is 16.9 Å². The van der Waals surface area contributed by atoms with Crippen molar-refractivity contribution in [2.24, 2.45) is 0 Å². The first-order valence-electron chi connectivity index (χ1n) is 5.64. The Bertz CT molecular complexity index is 597. The number of benzene rings is 1. The molecule has 0 spiro atoms. The number of rotatable bonds is 2. The summed E-state index contributed by atoms with van der Waals surface area (Å²) >= 11 is 6.04. The fraction of sp³-hybridized carbons (Fsp3) is 0.214. The molecule has 0 aliphatic rings. The summed E-state index contributed by atoms with van der Waals surface area (Å²) in [4.78, 5) is 4.09. The highest BCUT2D eigenvalue weighted by atomic mass is 35.5. The van der Waals surface area contributed by atoms with Crippen molar-refractivity contribution >= 4 is 17.3 Å². The van der Waals surface area contributed by atoms with Crippen molar-refractivity contribution in [3.63, 3.8) is 0 Å². The van der Waals surface area contributed by atoms with Crippen molar-refractivity contribution in [2.75, 3.05) is 5.73 Å². The molecule has 0 fully saturated rings. The van der Waals surface area contributed by atoms with Gasteiger partial charge in [-0.2, -0.15) is 0 Å². The molecule has 1 aromatic carbocycles. The standard InChI is InChI=1S/C14H15ClN2O/c1-8-4-9(2)10(3)13(5-8)18-14-12(15)6-11(16)7-17-14/h4-7H,16H2,1-3H3. The molecule has 2 N–H and O–H groups in total. The highest BCUT2D eigenvalue weighted by Crippen LogP contribution is 2.31. The van der Waals surface area contributed by atoms with Crippen LogP contribution in [0.2, 0.25) is 5.02 Å². The number of aromatic nitrogens is 1. The summed E-state index contributed by atoms with van der Waals surface area (Å²) in [6, 6.07) is 5.71. The number of hydrogen-bond acceptors (Lipinski definition) is 3. The van der Waals surface area contributed by atoms with Crippen LogP contribution >= 0.6 is 11.6 Å². The highest BCUT2D eigenvalue weighted by molar-refractivity contribution is 6.32. The Hall–Kier alpha value is -1.74. The van der Waals surface area contributed by atoms with Crippen molar-refractivity contribution in [3.05, 3.63) is 46.1 Å². The van der Waals surface area contributed by atoms with Gasteiger partial charge < -0.3 is 10.5 Å². The fourth-order valence-electron chi connectivity index (χ4n) is 1.73. The molecule has 0 aliphatic heterocycles. The number of pyridine rings is 1. The van der Waals surface area contributed by atoms with Gasteiger partial charge in [0, 0.05) is 0 Å². The van der Waals surface area contributed by atoms with Crippen LogP contribution in [-0.4, -0.2) is 4.98 Å². The molecule has 0 saturated heterocycles. The summed E-state index contributed by atoms with van der Waals surface area (Å²) in [6.07, 6.45) is 1.53. The van der Waals surface area contributed by atoms with Crippen molar-refractivity contribution in [1.29, 1.82) is 0 Å². The van der Waals surface area contributed by atoms with E-state index in [0.29, 0.717) is 16.6 Å². The molecule has 0 atom stereocenters. The number of nitrogen functional groups attached to an aromatic ring is 1.